The van der Waals surface area contributed by atoms with Crippen molar-refractivity contribution >= 4 is 0 Å². The average molecular weight is 229 g/mol. The monoisotopic (exact) mass is 229 g/mol. The molecule has 1 heterocycles. The summed E-state index contributed by atoms with van der Waals surface area (Å²) in [6.45, 7) is 2.52. The van der Waals surface area contributed by atoms with Gasteiger partial charge in [-0.15, -0.1) is 0 Å². The summed E-state index contributed by atoms with van der Waals surface area (Å²) in [5, 5.41) is 3.43. The molecule has 0 bridgehead atoms. The molecule has 0 saturated heterocycles. The molecule has 0 aliphatic heterocycles. The molecule has 0 radical (unpaired) electrons. The van der Waals surface area contributed by atoms with E-state index in [4.69, 9.17) is 5.73 Å². The van der Waals surface area contributed by atoms with Gasteiger partial charge in [0.15, 0.2) is 0 Å². The van der Waals surface area contributed by atoms with Crippen molar-refractivity contribution in [2.24, 2.45) is 5.73 Å². The van der Waals surface area contributed by atoms with Crippen molar-refractivity contribution in [3.63, 3.8) is 0 Å². The number of aromatic amines is 1. The predicted molar refractivity (Wildman–Crippen MR) is 70.5 cm³/mol. The van der Waals surface area contributed by atoms with Crippen molar-refractivity contribution in [2.75, 3.05) is 6.54 Å². The van der Waals surface area contributed by atoms with E-state index in [2.05, 4.69) is 40.6 Å². The standard InChI is InChI=1S/C14H19N3/c15-9-12-1-3-13(4-2-12)10-16-7-5-14-6-8-17-11-14/h1-4,6,8,11,16-17H,5,7,9-10,15H2. The Morgan fingerprint density at radius 3 is 2.41 bits per heavy atom. The van der Waals surface area contributed by atoms with E-state index in [-0.39, 0.29) is 0 Å². The van der Waals surface area contributed by atoms with E-state index in [1.54, 1.807) is 0 Å². The number of aromatic nitrogens is 1. The molecular formula is C14H19N3. The van der Waals surface area contributed by atoms with Crippen molar-refractivity contribution in [2.45, 2.75) is 19.5 Å². The van der Waals surface area contributed by atoms with Gasteiger partial charge in [0.1, 0.15) is 0 Å². The number of benzene rings is 1. The molecule has 1 aromatic heterocycles. The largest absolute Gasteiger partial charge is 0.367 e. The van der Waals surface area contributed by atoms with Crippen LogP contribution in [0.1, 0.15) is 16.7 Å². The molecule has 1 aromatic carbocycles. The van der Waals surface area contributed by atoms with Crippen LogP contribution in [0.15, 0.2) is 42.7 Å². The van der Waals surface area contributed by atoms with Crippen LogP contribution in [-0.4, -0.2) is 11.5 Å². The Labute approximate surface area is 102 Å². The summed E-state index contributed by atoms with van der Waals surface area (Å²) in [5.41, 5.74) is 9.38. The second kappa shape index (κ2) is 6.23. The minimum Gasteiger partial charge on any atom is -0.367 e. The summed E-state index contributed by atoms with van der Waals surface area (Å²) in [4.78, 5) is 3.06. The fourth-order valence-corrected chi connectivity index (χ4v) is 1.77. The summed E-state index contributed by atoms with van der Waals surface area (Å²) in [5.74, 6) is 0. The zero-order valence-corrected chi connectivity index (χ0v) is 9.95. The molecule has 3 heteroatoms. The zero-order chi connectivity index (χ0) is 11.9. The average Bonchev–Trinajstić information content (AvgIpc) is 2.88. The fourth-order valence-electron chi connectivity index (χ4n) is 1.77. The first kappa shape index (κ1) is 11.9. The minimum absolute atomic E-state index is 0.612. The number of hydrogen-bond acceptors (Lipinski definition) is 2. The summed E-state index contributed by atoms with van der Waals surface area (Å²) in [6, 6.07) is 10.5. The van der Waals surface area contributed by atoms with Crippen LogP contribution in [0.3, 0.4) is 0 Å². The summed E-state index contributed by atoms with van der Waals surface area (Å²) < 4.78 is 0. The molecule has 0 aliphatic carbocycles. The molecule has 2 rings (SSSR count). The topological polar surface area (TPSA) is 53.8 Å². The number of nitrogens with one attached hydrogen (secondary N) is 2. The molecule has 0 amide bonds. The molecule has 17 heavy (non-hydrogen) atoms. The van der Waals surface area contributed by atoms with Crippen LogP contribution < -0.4 is 11.1 Å². The van der Waals surface area contributed by atoms with E-state index < -0.39 is 0 Å². The molecule has 3 nitrogen and oxygen atoms in total. The van der Waals surface area contributed by atoms with Gasteiger partial charge < -0.3 is 16.0 Å². The predicted octanol–water partition coefficient (Wildman–Crippen LogP) is 1.81. The quantitative estimate of drug-likeness (QED) is 0.662. The molecule has 90 valence electrons. The van der Waals surface area contributed by atoms with E-state index in [1.165, 1.54) is 16.7 Å². The van der Waals surface area contributed by atoms with Crippen molar-refractivity contribution in [1.29, 1.82) is 0 Å². The van der Waals surface area contributed by atoms with Gasteiger partial charge >= 0.3 is 0 Å². The van der Waals surface area contributed by atoms with Gasteiger partial charge in [-0.3, -0.25) is 0 Å². The molecule has 0 saturated carbocycles. The first-order chi connectivity index (χ1) is 8.38. The third kappa shape index (κ3) is 3.73. The van der Waals surface area contributed by atoms with Crippen molar-refractivity contribution in [1.82, 2.24) is 10.3 Å². The van der Waals surface area contributed by atoms with Gasteiger partial charge in [0.2, 0.25) is 0 Å². The molecular weight excluding hydrogens is 210 g/mol. The minimum atomic E-state index is 0.612. The number of H-pyrrole nitrogens is 1. The Morgan fingerprint density at radius 2 is 1.76 bits per heavy atom. The van der Waals surface area contributed by atoms with Gasteiger partial charge in [-0.2, -0.15) is 0 Å². The van der Waals surface area contributed by atoms with E-state index in [1.807, 2.05) is 12.4 Å². The second-order valence-electron chi connectivity index (χ2n) is 4.17. The normalized spacial score (nSPS) is 10.6. The van der Waals surface area contributed by atoms with Crippen LogP contribution in [0.5, 0.6) is 0 Å². The molecule has 0 aliphatic rings. The van der Waals surface area contributed by atoms with Crippen LogP contribution in [0.25, 0.3) is 0 Å². The molecule has 4 N–H and O–H groups in total. The van der Waals surface area contributed by atoms with Gasteiger partial charge in [-0.1, -0.05) is 24.3 Å². The highest BCUT2D eigenvalue weighted by atomic mass is 14.8. The number of hydrogen-bond donors (Lipinski definition) is 3. The van der Waals surface area contributed by atoms with Gasteiger partial charge in [0, 0.05) is 25.5 Å². The maximum absolute atomic E-state index is 5.56. The highest BCUT2D eigenvalue weighted by molar-refractivity contribution is 5.22. The lowest BCUT2D eigenvalue weighted by Gasteiger charge is -2.05. The molecule has 0 spiro atoms. The van der Waals surface area contributed by atoms with E-state index >= 15 is 0 Å². The van der Waals surface area contributed by atoms with Crippen LogP contribution in [0.2, 0.25) is 0 Å². The molecule has 0 atom stereocenters. The van der Waals surface area contributed by atoms with Crippen LogP contribution in [-0.2, 0) is 19.5 Å². The third-order valence-corrected chi connectivity index (χ3v) is 2.84. The Hall–Kier alpha value is -1.58. The second-order valence-corrected chi connectivity index (χ2v) is 4.17. The van der Waals surface area contributed by atoms with Gasteiger partial charge in [-0.25, -0.2) is 0 Å². The summed E-state index contributed by atoms with van der Waals surface area (Å²) in [6.07, 6.45) is 5.06. The fraction of sp³-hybridized carbons (Fsp3) is 0.286. The zero-order valence-electron chi connectivity index (χ0n) is 9.95. The first-order valence-electron chi connectivity index (χ1n) is 5.99. The Kier molecular flexibility index (Phi) is 4.36. The SMILES string of the molecule is NCc1ccc(CNCCc2cc[nH]c2)cc1. The first-order valence-corrected chi connectivity index (χ1v) is 5.99. The molecule has 2 aromatic rings. The van der Waals surface area contributed by atoms with Crippen LogP contribution in [0, 0.1) is 0 Å². The molecule has 0 fully saturated rings. The highest BCUT2D eigenvalue weighted by Gasteiger charge is 1.95. The highest BCUT2D eigenvalue weighted by Crippen LogP contribution is 2.03. The third-order valence-electron chi connectivity index (χ3n) is 2.84. The van der Waals surface area contributed by atoms with Crippen molar-refractivity contribution in [3.8, 4) is 0 Å². The number of rotatable bonds is 6. The van der Waals surface area contributed by atoms with Gasteiger partial charge in [0.25, 0.3) is 0 Å². The van der Waals surface area contributed by atoms with Gasteiger partial charge in [-0.05, 0) is 35.7 Å². The smallest absolute Gasteiger partial charge is 0.0205 e. The van der Waals surface area contributed by atoms with Crippen molar-refractivity contribution < 1.29 is 0 Å². The van der Waals surface area contributed by atoms with Crippen molar-refractivity contribution in [3.05, 3.63) is 59.4 Å². The lowest BCUT2D eigenvalue weighted by molar-refractivity contribution is 0.687. The Bertz CT molecular complexity index is 417. The Morgan fingerprint density at radius 1 is 1.00 bits per heavy atom. The van der Waals surface area contributed by atoms with Crippen LogP contribution >= 0.6 is 0 Å². The maximum Gasteiger partial charge on any atom is 0.0205 e. The lowest BCUT2D eigenvalue weighted by Crippen LogP contribution is -2.16. The van der Waals surface area contributed by atoms with Gasteiger partial charge in [0.05, 0.1) is 0 Å². The van der Waals surface area contributed by atoms with Crippen LogP contribution in [0.4, 0.5) is 0 Å². The maximum atomic E-state index is 5.56. The lowest BCUT2D eigenvalue weighted by atomic mass is 10.1. The Balaban J connectivity index is 1.70. The summed E-state index contributed by atoms with van der Waals surface area (Å²) >= 11 is 0. The van der Waals surface area contributed by atoms with E-state index in [0.717, 1.165) is 19.5 Å². The van der Waals surface area contributed by atoms with E-state index in [9.17, 15) is 0 Å². The number of nitrogens with two attached hydrogens (primary N) is 1. The molecule has 0 unspecified atom stereocenters. The van der Waals surface area contributed by atoms with E-state index in [0.29, 0.717) is 6.54 Å². The summed E-state index contributed by atoms with van der Waals surface area (Å²) in [7, 11) is 0.